The smallest absolute Gasteiger partial charge is 0.255 e. The molecule has 0 radical (unpaired) electrons. The largest absolute Gasteiger partial charge is 0.497 e. The maximum absolute atomic E-state index is 12.4. The summed E-state index contributed by atoms with van der Waals surface area (Å²) in [7, 11) is 1.62. The number of amides is 1. The molecule has 0 aliphatic carbocycles. The molecule has 0 bridgehead atoms. The van der Waals surface area contributed by atoms with Crippen LogP contribution in [0, 0.1) is 0 Å². The molecule has 1 amide bonds. The Morgan fingerprint density at radius 2 is 2.19 bits per heavy atom. The van der Waals surface area contributed by atoms with Gasteiger partial charge in [0.2, 0.25) is 0 Å². The molecule has 1 fully saturated rings. The lowest BCUT2D eigenvalue weighted by Gasteiger charge is -2.11. The van der Waals surface area contributed by atoms with Gasteiger partial charge in [-0.05, 0) is 37.2 Å². The normalized spacial score (nSPS) is 17.7. The van der Waals surface area contributed by atoms with Gasteiger partial charge in [-0.2, -0.15) is 5.10 Å². The molecule has 2 heterocycles. The first-order valence-electron chi connectivity index (χ1n) is 6.97. The second-order valence-electron chi connectivity index (χ2n) is 5.05. The molecule has 6 heteroatoms. The number of hydrogen-bond acceptors (Lipinski definition) is 4. The fourth-order valence-electron chi connectivity index (χ4n) is 2.48. The van der Waals surface area contributed by atoms with E-state index in [1.165, 1.54) is 0 Å². The van der Waals surface area contributed by atoms with Gasteiger partial charge in [-0.25, -0.2) is 0 Å². The third-order valence-corrected chi connectivity index (χ3v) is 3.66. The van der Waals surface area contributed by atoms with Crippen LogP contribution in [-0.2, 0) is 0 Å². The molecule has 110 valence electrons. The number of nitrogens with zero attached hydrogens (tertiary/aromatic N) is 1. The molecule has 6 nitrogen and oxygen atoms in total. The summed E-state index contributed by atoms with van der Waals surface area (Å²) in [5, 5.41) is 13.2. The highest BCUT2D eigenvalue weighted by Crippen LogP contribution is 2.23. The summed E-state index contributed by atoms with van der Waals surface area (Å²) in [5.74, 6) is 0.685. The first-order valence-corrected chi connectivity index (χ1v) is 6.97. The zero-order valence-electron chi connectivity index (χ0n) is 11.8. The molecule has 1 saturated heterocycles. The third-order valence-electron chi connectivity index (χ3n) is 3.66. The molecular weight excluding hydrogens is 268 g/mol. The monoisotopic (exact) mass is 286 g/mol. The number of methoxy groups -OCH3 is 1. The second-order valence-corrected chi connectivity index (χ2v) is 5.05. The van der Waals surface area contributed by atoms with Gasteiger partial charge >= 0.3 is 0 Å². The van der Waals surface area contributed by atoms with E-state index in [1.54, 1.807) is 13.3 Å². The second kappa shape index (κ2) is 5.97. The molecule has 1 aliphatic heterocycles. The zero-order chi connectivity index (χ0) is 14.7. The molecule has 2 aromatic rings. The number of ether oxygens (including phenoxy) is 1. The van der Waals surface area contributed by atoms with Crippen LogP contribution < -0.4 is 15.4 Å². The van der Waals surface area contributed by atoms with Gasteiger partial charge in [-0.15, -0.1) is 0 Å². The van der Waals surface area contributed by atoms with Crippen LogP contribution >= 0.6 is 0 Å². The average Bonchev–Trinajstić information content (AvgIpc) is 3.18. The van der Waals surface area contributed by atoms with Gasteiger partial charge in [0.1, 0.15) is 5.75 Å². The number of hydrogen-bond donors (Lipinski definition) is 3. The molecule has 1 aromatic carbocycles. The molecule has 1 aromatic heterocycles. The number of H-pyrrole nitrogens is 1. The first-order chi connectivity index (χ1) is 10.3. The molecular formula is C15H18N4O2. The van der Waals surface area contributed by atoms with Gasteiger partial charge in [-0.3, -0.25) is 9.89 Å². The fraction of sp³-hybridized carbons (Fsp3) is 0.333. The SMILES string of the molecule is COc1ccc(-c2[nH]ncc2C(=O)NC2CCNC2)cc1. The van der Waals surface area contributed by atoms with Crippen LogP contribution in [0.4, 0.5) is 0 Å². The maximum Gasteiger partial charge on any atom is 0.255 e. The van der Waals surface area contributed by atoms with Crippen molar-refractivity contribution >= 4 is 5.91 Å². The summed E-state index contributed by atoms with van der Waals surface area (Å²) in [5.41, 5.74) is 2.19. The molecule has 21 heavy (non-hydrogen) atoms. The Hall–Kier alpha value is -2.34. The van der Waals surface area contributed by atoms with Crippen LogP contribution in [0.5, 0.6) is 5.75 Å². The van der Waals surface area contributed by atoms with Crippen molar-refractivity contribution in [2.45, 2.75) is 12.5 Å². The van der Waals surface area contributed by atoms with E-state index in [1.807, 2.05) is 24.3 Å². The molecule has 0 saturated carbocycles. The van der Waals surface area contributed by atoms with E-state index in [4.69, 9.17) is 4.74 Å². The van der Waals surface area contributed by atoms with Crippen molar-refractivity contribution in [2.75, 3.05) is 20.2 Å². The Morgan fingerprint density at radius 3 is 2.86 bits per heavy atom. The van der Waals surface area contributed by atoms with Crippen molar-refractivity contribution in [1.29, 1.82) is 0 Å². The molecule has 1 aliphatic rings. The van der Waals surface area contributed by atoms with Gasteiger partial charge in [0.05, 0.1) is 24.6 Å². The lowest BCUT2D eigenvalue weighted by atomic mass is 10.1. The number of rotatable bonds is 4. The summed E-state index contributed by atoms with van der Waals surface area (Å²) in [4.78, 5) is 12.4. The van der Waals surface area contributed by atoms with Crippen molar-refractivity contribution in [1.82, 2.24) is 20.8 Å². The van der Waals surface area contributed by atoms with E-state index in [0.717, 1.165) is 36.5 Å². The van der Waals surface area contributed by atoms with Crippen molar-refractivity contribution in [3.05, 3.63) is 36.0 Å². The lowest BCUT2D eigenvalue weighted by Crippen LogP contribution is -2.36. The van der Waals surface area contributed by atoms with Crippen LogP contribution in [0.1, 0.15) is 16.8 Å². The number of nitrogens with one attached hydrogen (secondary N) is 3. The highest BCUT2D eigenvalue weighted by molar-refractivity contribution is 5.99. The van der Waals surface area contributed by atoms with Gasteiger partial charge in [0.15, 0.2) is 0 Å². The molecule has 3 rings (SSSR count). The summed E-state index contributed by atoms with van der Waals surface area (Å²) >= 11 is 0. The Balaban J connectivity index is 1.80. The predicted molar refractivity (Wildman–Crippen MR) is 79.3 cm³/mol. The number of aromatic nitrogens is 2. The quantitative estimate of drug-likeness (QED) is 0.788. The predicted octanol–water partition coefficient (Wildman–Crippen LogP) is 1.18. The summed E-state index contributed by atoms with van der Waals surface area (Å²) < 4.78 is 5.14. The standard InChI is InChI=1S/C15H18N4O2/c1-21-12-4-2-10(3-5-12)14-13(9-17-19-14)15(20)18-11-6-7-16-8-11/h2-5,9,11,16H,6-8H2,1H3,(H,17,19)(H,18,20). The van der Waals surface area contributed by atoms with Crippen LogP contribution in [0.15, 0.2) is 30.5 Å². The van der Waals surface area contributed by atoms with Gasteiger partial charge in [0.25, 0.3) is 5.91 Å². The summed E-state index contributed by atoms with van der Waals surface area (Å²) in [6.45, 7) is 1.77. The molecule has 1 atom stereocenters. The number of carbonyl (C=O) groups is 1. The third kappa shape index (κ3) is 2.90. The van der Waals surface area contributed by atoms with Crippen molar-refractivity contribution in [2.24, 2.45) is 0 Å². The van der Waals surface area contributed by atoms with E-state index < -0.39 is 0 Å². The van der Waals surface area contributed by atoms with Gasteiger partial charge < -0.3 is 15.4 Å². The van der Waals surface area contributed by atoms with Crippen LogP contribution in [0.25, 0.3) is 11.3 Å². The van der Waals surface area contributed by atoms with E-state index >= 15 is 0 Å². The topological polar surface area (TPSA) is 79.0 Å². The Kier molecular flexibility index (Phi) is 3.87. The van der Waals surface area contributed by atoms with Crippen LogP contribution in [0.3, 0.4) is 0 Å². The maximum atomic E-state index is 12.4. The lowest BCUT2D eigenvalue weighted by molar-refractivity contribution is 0.0941. The number of aromatic amines is 1. The van der Waals surface area contributed by atoms with E-state index in [9.17, 15) is 4.79 Å². The van der Waals surface area contributed by atoms with Crippen molar-refractivity contribution < 1.29 is 9.53 Å². The average molecular weight is 286 g/mol. The van der Waals surface area contributed by atoms with E-state index in [-0.39, 0.29) is 11.9 Å². The zero-order valence-corrected chi connectivity index (χ0v) is 11.8. The van der Waals surface area contributed by atoms with E-state index in [2.05, 4.69) is 20.8 Å². The minimum absolute atomic E-state index is 0.0942. The highest BCUT2D eigenvalue weighted by Gasteiger charge is 2.21. The first kappa shape index (κ1) is 13.6. The fourth-order valence-corrected chi connectivity index (χ4v) is 2.48. The molecule has 0 spiro atoms. The van der Waals surface area contributed by atoms with E-state index in [0.29, 0.717) is 5.56 Å². The number of benzene rings is 1. The van der Waals surface area contributed by atoms with Crippen LogP contribution in [0.2, 0.25) is 0 Å². The summed E-state index contributed by atoms with van der Waals surface area (Å²) in [6.07, 6.45) is 2.53. The highest BCUT2D eigenvalue weighted by atomic mass is 16.5. The Bertz CT molecular complexity index is 615. The van der Waals surface area contributed by atoms with Gasteiger partial charge in [0, 0.05) is 18.2 Å². The Labute approximate surface area is 122 Å². The Morgan fingerprint density at radius 1 is 1.38 bits per heavy atom. The van der Waals surface area contributed by atoms with Crippen LogP contribution in [-0.4, -0.2) is 42.3 Å². The molecule has 3 N–H and O–H groups in total. The molecule has 1 unspecified atom stereocenters. The summed E-state index contributed by atoms with van der Waals surface area (Å²) in [6, 6.07) is 7.72. The number of carbonyl (C=O) groups excluding carboxylic acids is 1. The van der Waals surface area contributed by atoms with Crippen molar-refractivity contribution in [3.8, 4) is 17.0 Å². The minimum atomic E-state index is -0.0942. The minimum Gasteiger partial charge on any atom is -0.497 e. The van der Waals surface area contributed by atoms with Gasteiger partial charge in [-0.1, -0.05) is 0 Å². The van der Waals surface area contributed by atoms with Crippen molar-refractivity contribution in [3.63, 3.8) is 0 Å².